The Morgan fingerprint density at radius 3 is 2.88 bits per heavy atom. The fraction of sp³-hybridized carbons (Fsp3) is 0.0625. The van der Waals surface area contributed by atoms with E-state index >= 15 is 0 Å². The molecular formula is C16H11ClN4OS2. The van der Waals surface area contributed by atoms with Gasteiger partial charge in [-0.3, -0.25) is 19.0 Å². The molecule has 0 amide bonds. The number of H-pyrrole nitrogens is 1. The zero-order valence-corrected chi connectivity index (χ0v) is 14.7. The summed E-state index contributed by atoms with van der Waals surface area (Å²) in [4.78, 5) is 12.3. The van der Waals surface area contributed by atoms with Gasteiger partial charge in [-0.05, 0) is 42.5 Å². The van der Waals surface area contributed by atoms with E-state index in [9.17, 15) is 4.79 Å². The van der Waals surface area contributed by atoms with Gasteiger partial charge in [0, 0.05) is 5.02 Å². The van der Waals surface area contributed by atoms with E-state index < -0.39 is 0 Å². The van der Waals surface area contributed by atoms with Gasteiger partial charge < -0.3 is 0 Å². The topological polar surface area (TPSA) is 55.6 Å². The maximum Gasteiger partial charge on any atom is 0.308 e. The van der Waals surface area contributed by atoms with E-state index in [1.807, 2.05) is 42.5 Å². The second kappa shape index (κ2) is 6.01. The number of aromatic nitrogens is 4. The predicted octanol–water partition coefficient (Wildman–Crippen LogP) is 4.01. The summed E-state index contributed by atoms with van der Waals surface area (Å²) < 4.78 is 4.90. The van der Waals surface area contributed by atoms with Crippen molar-refractivity contribution < 1.29 is 0 Å². The Balaban J connectivity index is 1.85. The number of halogens is 1. The molecule has 1 N–H and O–H groups in total. The molecule has 0 bridgehead atoms. The third kappa shape index (κ3) is 2.60. The van der Waals surface area contributed by atoms with Crippen molar-refractivity contribution in [3.8, 4) is 5.69 Å². The van der Waals surface area contributed by atoms with Gasteiger partial charge in [0.2, 0.25) is 0 Å². The van der Waals surface area contributed by atoms with Gasteiger partial charge in [0.25, 0.3) is 0 Å². The van der Waals surface area contributed by atoms with Gasteiger partial charge in [-0.1, -0.05) is 41.1 Å². The van der Waals surface area contributed by atoms with Crippen LogP contribution in [0.2, 0.25) is 5.02 Å². The fourth-order valence-electron chi connectivity index (χ4n) is 2.62. The number of para-hydroxylation sites is 1. The van der Waals surface area contributed by atoms with E-state index in [-0.39, 0.29) is 4.87 Å². The Morgan fingerprint density at radius 2 is 2.04 bits per heavy atom. The molecule has 4 aromatic rings. The zero-order chi connectivity index (χ0) is 16.7. The molecule has 2 aromatic heterocycles. The first-order valence-corrected chi connectivity index (χ1v) is 8.74. The minimum Gasteiger partial charge on any atom is -0.291 e. The molecule has 0 aliphatic heterocycles. The van der Waals surface area contributed by atoms with Crippen LogP contribution in [0.15, 0.2) is 53.3 Å². The first-order chi connectivity index (χ1) is 11.6. The Labute approximate surface area is 150 Å². The quantitative estimate of drug-likeness (QED) is 0.551. The van der Waals surface area contributed by atoms with Crippen LogP contribution in [0.3, 0.4) is 0 Å². The van der Waals surface area contributed by atoms with Crippen LogP contribution in [0.25, 0.3) is 15.9 Å². The molecule has 5 nitrogen and oxygen atoms in total. The lowest BCUT2D eigenvalue weighted by Crippen LogP contribution is -2.16. The molecule has 0 saturated heterocycles. The van der Waals surface area contributed by atoms with Crippen LogP contribution in [0.5, 0.6) is 0 Å². The largest absolute Gasteiger partial charge is 0.308 e. The Kier molecular flexibility index (Phi) is 3.84. The van der Waals surface area contributed by atoms with Crippen molar-refractivity contribution in [1.82, 2.24) is 19.3 Å². The summed E-state index contributed by atoms with van der Waals surface area (Å²) >= 11 is 12.6. The first kappa shape index (κ1) is 15.3. The molecule has 24 heavy (non-hydrogen) atoms. The highest BCUT2D eigenvalue weighted by molar-refractivity contribution is 7.71. The van der Waals surface area contributed by atoms with Crippen molar-refractivity contribution >= 4 is 45.4 Å². The lowest BCUT2D eigenvalue weighted by atomic mass is 10.3. The average molecular weight is 375 g/mol. The van der Waals surface area contributed by atoms with Gasteiger partial charge in [-0.2, -0.15) is 5.10 Å². The van der Waals surface area contributed by atoms with E-state index in [1.165, 1.54) is 11.3 Å². The summed E-state index contributed by atoms with van der Waals surface area (Å²) in [6.07, 6.45) is 0. The van der Waals surface area contributed by atoms with E-state index in [4.69, 9.17) is 23.8 Å². The Morgan fingerprint density at radius 1 is 1.21 bits per heavy atom. The maximum absolute atomic E-state index is 12.3. The van der Waals surface area contributed by atoms with Gasteiger partial charge in [0.05, 0.1) is 22.4 Å². The number of hydrogen-bond donors (Lipinski definition) is 1. The third-order valence-electron chi connectivity index (χ3n) is 3.68. The molecule has 0 saturated carbocycles. The number of nitrogens with one attached hydrogen (secondary N) is 1. The van der Waals surface area contributed by atoms with E-state index in [0.29, 0.717) is 22.2 Å². The van der Waals surface area contributed by atoms with Crippen LogP contribution >= 0.6 is 35.2 Å². The van der Waals surface area contributed by atoms with Crippen molar-refractivity contribution in [2.45, 2.75) is 6.54 Å². The summed E-state index contributed by atoms with van der Waals surface area (Å²) in [5.74, 6) is 0.646. The second-order valence-electron chi connectivity index (χ2n) is 5.18. The highest BCUT2D eigenvalue weighted by Gasteiger charge is 2.13. The minimum atomic E-state index is -0.0252. The molecule has 0 atom stereocenters. The third-order valence-corrected chi connectivity index (χ3v) is 5.15. The van der Waals surface area contributed by atoms with Gasteiger partial charge in [-0.25, -0.2) is 0 Å². The molecule has 0 fully saturated rings. The van der Waals surface area contributed by atoms with Crippen LogP contribution in [0.4, 0.5) is 0 Å². The Hall–Kier alpha value is -2.22. The molecule has 4 rings (SSSR count). The number of hydrogen-bond acceptors (Lipinski definition) is 4. The number of aromatic amines is 1. The maximum atomic E-state index is 12.3. The van der Waals surface area contributed by atoms with Gasteiger partial charge in [-0.15, -0.1) is 0 Å². The van der Waals surface area contributed by atoms with Crippen molar-refractivity contribution in [3.63, 3.8) is 0 Å². The molecule has 0 aliphatic carbocycles. The van der Waals surface area contributed by atoms with Gasteiger partial charge >= 0.3 is 4.87 Å². The lowest BCUT2D eigenvalue weighted by Gasteiger charge is -2.08. The molecule has 120 valence electrons. The Bertz CT molecular complexity index is 1150. The summed E-state index contributed by atoms with van der Waals surface area (Å²) in [6, 6.07) is 15.1. The predicted molar refractivity (Wildman–Crippen MR) is 98.9 cm³/mol. The summed E-state index contributed by atoms with van der Waals surface area (Å²) in [5.41, 5.74) is 1.70. The van der Waals surface area contributed by atoms with Crippen LogP contribution in [0, 0.1) is 4.77 Å². The number of nitrogens with zero attached hydrogens (tertiary/aromatic N) is 3. The monoisotopic (exact) mass is 374 g/mol. The van der Waals surface area contributed by atoms with Crippen LogP contribution in [0.1, 0.15) is 5.82 Å². The zero-order valence-electron chi connectivity index (χ0n) is 12.3. The van der Waals surface area contributed by atoms with Gasteiger partial charge in [0.1, 0.15) is 0 Å². The van der Waals surface area contributed by atoms with Crippen LogP contribution < -0.4 is 4.87 Å². The molecule has 0 aliphatic rings. The molecule has 0 unspecified atom stereocenters. The number of benzene rings is 2. The SMILES string of the molecule is O=c1sc2ccccc2n1Cc1n[nH]c(=S)n1-c1cccc(Cl)c1. The first-order valence-electron chi connectivity index (χ1n) is 7.14. The molecule has 0 spiro atoms. The number of rotatable bonds is 3. The summed E-state index contributed by atoms with van der Waals surface area (Å²) in [7, 11) is 0. The van der Waals surface area contributed by atoms with Crippen molar-refractivity contribution in [1.29, 1.82) is 0 Å². The van der Waals surface area contributed by atoms with E-state index in [0.717, 1.165) is 15.9 Å². The van der Waals surface area contributed by atoms with Crippen molar-refractivity contribution in [2.75, 3.05) is 0 Å². The smallest absolute Gasteiger partial charge is 0.291 e. The molecule has 8 heteroatoms. The fourth-order valence-corrected chi connectivity index (χ4v) is 3.95. The van der Waals surface area contributed by atoms with Crippen LogP contribution in [-0.4, -0.2) is 19.3 Å². The van der Waals surface area contributed by atoms with E-state index in [2.05, 4.69) is 10.2 Å². The molecular weight excluding hydrogens is 364 g/mol. The van der Waals surface area contributed by atoms with E-state index in [1.54, 1.807) is 15.2 Å². The number of fused-ring (bicyclic) bond motifs is 1. The summed E-state index contributed by atoms with van der Waals surface area (Å²) in [6.45, 7) is 0.322. The minimum absolute atomic E-state index is 0.0252. The molecule has 2 heterocycles. The van der Waals surface area contributed by atoms with Gasteiger partial charge in [0.15, 0.2) is 10.6 Å². The highest BCUT2D eigenvalue weighted by Crippen LogP contribution is 2.20. The average Bonchev–Trinajstić information content (AvgIpc) is 3.08. The highest BCUT2D eigenvalue weighted by atomic mass is 35.5. The van der Waals surface area contributed by atoms with Crippen molar-refractivity contribution in [2.24, 2.45) is 0 Å². The van der Waals surface area contributed by atoms with Crippen LogP contribution in [-0.2, 0) is 6.54 Å². The lowest BCUT2D eigenvalue weighted by molar-refractivity contribution is 0.734. The van der Waals surface area contributed by atoms with Crippen molar-refractivity contribution in [3.05, 3.63) is 73.8 Å². The standard InChI is InChI=1S/C16H11ClN4OS2/c17-10-4-3-5-11(8-10)21-14(18-19-15(21)23)9-20-12-6-1-2-7-13(12)24-16(20)22/h1-8H,9H2,(H,19,23). The normalized spacial score (nSPS) is 11.2. The second-order valence-corrected chi connectivity index (χ2v) is 7.00. The number of thiazole rings is 1. The summed E-state index contributed by atoms with van der Waals surface area (Å²) in [5, 5.41) is 7.70. The molecule has 0 radical (unpaired) electrons. The molecule has 2 aromatic carbocycles.